The van der Waals surface area contributed by atoms with Crippen LogP contribution in [0.4, 0.5) is 0 Å². The minimum atomic E-state index is -0.390. The van der Waals surface area contributed by atoms with Crippen LogP contribution in [-0.4, -0.2) is 51.2 Å². The molecule has 0 amide bonds. The zero-order valence-corrected chi connectivity index (χ0v) is 32.7. The molecular weight excluding hydrogens is 600 g/mol. The minimum absolute atomic E-state index is 0.124. The Labute approximate surface area is 292 Å². The second-order valence-corrected chi connectivity index (χ2v) is 16.7. The molecule has 2 aliphatic rings. The fourth-order valence-electron chi connectivity index (χ4n) is 5.83. The van der Waals surface area contributed by atoms with Gasteiger partial charge in [0.15, 0.2) is 12.6 Å². The van der Waals surface area contributed by atoms with Gasteiger partial charge in [-0.05, 0) is 96.6 Å². The van der Waals surface area contributed by atoms with Crippen LogP contribution in [0.5, 0.6) is 11.5 Å². The molecule has 2 aromatic carbocycles. The Balaban J connectivity index is 1.96. The van der Waals surface area contributed by atoms with Crippen LogP contribution in [-0.2, 0) is 40.6 Å². The lowest BCUT2D eigenvalue weighted by Crippen LogP contribution is -2.27. The second kappa shape index (κ2) is 15.0. The lowest BCUT2D eigenvalue weighted by molar-refractivity contribution is -0.0727. The summed E-state index contributed by atoms with van der Waals surface area (Å²) in [4.78, 5) is 0. The molecule has 0 aliphatic carbocycles. The molecule has 0 N–H and O–H groups in total. The highest BCUT2D eigenvalue weighted by Gasteiger charge is 2.36. The number of ether oxygens (including phenoxy) is 6. The summed E-state index contributed by atoms with van der Waals surface area (Å²) >= 11 is 0. The van der Waals surface area contributed by atoms with E-state index in [1.807, 2.05) is 13.8 Å². The lowest BCUT2D eigenvalue weighted by atomic mass is 9.72. The van der Waals surface area contributed by atoms with E-state index in [9.17, 15) is 0 Å². The van der Waals surface area contributed by atoms with E-state index >= 15 is 0 Å². The molecular formula is C42H66O6. The third kappa shape index (κ3) is 9.15. The van der Waals surface area contributed by atoms with Gasteiger partial charge in [-0.2, -0.15) is 0 Å². The smallest absolute Gasteiger partial charge is 0.197 e. The predicted molar refractivity (Wildman–Crippen MR) is 197 cm³/mol. The predicted octanol–water partition coefficient (Wildman–Crippen LogP) is 10.4. The standard InChI is InChI=1S/C42H66O6/c1-15-39(7,8)33-19-29(20-34(40(9,10)16-2)37(33)47-27(5)43-23-31-25-45-31)30-21-35(41(11,12)17-3)38(36(22-30)42(13,14)18-4)48-28(6)44-24-32-26-46-32/h19-22,27-28,31-32H,15-18,23-26H2,1-14H3. The third-order valence-electron chi connectivity index (χ3n) is 11.4. The summed E-state index contributed by atoms with van der Waals surface area (Å²) in [6.07, 6.45) is 3.50. The highest BCUT2D eigenvalue weighted by molar-refractivity contribution is 5.73. The van der Waals surface area contributed by atoms with Gasteiger partial charge < -0.3 is 28.4 Å². The molecule has 6 heteroatoms. The Morgan fingerprint density at radius 1 is 0.542 bits per heavy atom. The van der Waals surface area contributed by atoms with Gasteiger partial charge in [0.25, 0.3) is 0 Å². The van der Waals surface area contributed by atoms with Gasteiger partial charge in [-0.25, -0.2) is 0 Å². The molecule has 0 saturated carbocycles. The van der Waals surface area contributed by atoms with Crippen LogP contribution in [0.2, 0.25) is 0 Å². The van der Waals surface area contributed by atoms with Gasteiger partial charge in [-0.1, -0.05) is 83.1 Å². The zero-order chi connectivity index (χ0) is 35.7. The van der Waals surface area contributed by atoms with Gasteiger partial charge in [-0.3, -0.25) is 0 Å². The Morgan fingerprint density at radius 3 is 1.00 bits per heavy atom. The first-order valence-corrected chi connectivity index (χ1v) is 18.6. The third-order valence-corrected chi connectivity index (χ3v) is 11.4. The van der Waals surface area contributed by atoms with Gasteiger partial charge in [-0.15, -0.1) is 0 Å². The van der Waals surface area contributed by atoms with Crippen LogP contribution in [0.25, 0.3) is 11.1 Å². The summed E-state index contributed by atoms with van der Waals surface area (Å²) in [6.45, 7) is 34.3. The second-order valence-electron chi connectivity index (χ2n) is 16.7. The molecule has 0 radical (unpaired) electrons. The van der Waals surface area contributed by atoms with E-state index in [-0.39, 0.29) is 46.4 Å². The quantitative estimate of drug-likeness (QED) is 0.110. The van der Waals surface area contributed by atoms with Crippen LogP contribution in [0.3, 0.4) is 0 Å². The van der Waals surface area contributed by atoms with Crippen molar-refractivity contribution in [3.8, 4) is 22.6 Å². The molecule has 0 spiro atoms. The summed E-state index contributed by atoms with van der Waals surface area (Å²) in [5.41, 5.74) is 6.79. The Bertz CT molecular complexity index is 1200. The molecule has 2 aliphatic heterocycles. The van der Waals surface area contributed by atoms with Crippen LogP contribution in [0, 0.1) is 0 Å². The van der Waals surface area contributed by atoms with Crippen molar-refractivity contribution in [3.63, 3.8) is 0 Å². The fourth-order valence-corrected chi connectivity index (χ4v) is 5.83. The first kappa shape index (κ1) is 38.7. The van der Waals surface area contributed by atoms with Crippen LogP contribution < -0.4 is 9.47 Å². The molecule has 0 bridgehead atoms. The average molecular weight is 667 g/mol. The minimum Gasteiger partial charge on any atom is -0.465 e. The zero-order valence-electron chi connectivity index (χ0n) is 32.7. The van der Waals surface area contributed by atoms with Gasteiger partial charge in [0, 0.05) is 22.3 Å². The molecule has 48 heavy (non-hydrogen) atoms. The van der Waals surface area contributed by atoms with E-state index in [2.05, 4.69) is 107 Å². The van der Waals surface area contributed by atoms with Crippen molar-refractivity contribution in [3.05, 3.63) is 46.5 Å². The molecule has 2 heterocycles. The molecule has 2 saturated heterocycles. The molecule has 2 aromatic rings. The van der Waals surface area contributed by atoms with Gasteiger partial charge in [0.1, 0.15) is 23.7 Å². The topological polar surface area (TPSA) is 62.0 Å². The first-order chi connectivity index (χ1) is 22.4. The Morgan fingerprint density at radius 2 is 0.792 bits per heavy atom. The van der Waals surface area contributed by atoms with Crippen molar-refractivity contribution in [2.75, 3.05) is 26.4 Å². The number of hydrogen-bond acceptors (Lipinski definition) is 6. The highest BCUT2D eigenvalue weighted by atomic mass is 16.7. The van der Waals surface area contributed by atoms with Gasteiger partial charge >= 0.3 is 0 Å². The SMILES string of the molecule is CCC(C)(C)c1cc(-c2cc(C(C)(C)CC)c(OC(C)OCC3CO3)c(C(C)(C)CC)c2)cc(C(C)(C)CC)c1OC(C)OCC1CO1. The molecule has 2 fully saturated rings. The number of hydrogen-bond donors (Lipinski definition) is 0. The van der Waals surface area contributed by atoms with E-state index in [1.165, 1.54) is 33.4 Å². The summed E-state index contributed by atoms with van der Waals surface area (Å²) in [7, 11) is 0. The number of epoxide rings is 2. The lowest BCUT2D eigenvalue weighted by Gasteiger charge is -2.36. The van der Waals surface area contributed by atoms with Crippen LogP contribution >= 0.6 is 0 Å². The van der Waals surface area contributed by atoms with E-state index in [0.717, 1.165) is 50.4 Å². The van der Waals surface area contributed by atoms with Crippen molar-refractivity contribution in [1.82, 2.24) is 0 Å². The van der Waals surface area contributed by atoms with Crippen LogP contribution in [0.1, 0.15) is 145 Å². The summed E-state index contributed by atoms with van der Waals surface area (Å²) < 4.78 is 36.6. The van der Waals surface area contributed by atoms with E-state index < -0.39 is 0 Å². The van der Waals surface area contributed by atoms with Crippen molar-refractivity contribution >= 4 is 0 Å². The fraction of sp³-hybridized carbons (Fsp3) is 0.714. The molecule has 0 aromatic heterocycles. The van der Waals surface area contributed by atoms with E-state index in [1.54, 1.807) is 0 Å². The van der Waals surface area contributed by atoms with Crippen molar-refractivity contribution < 1.29 is 28.4 Å². The van der Waals surface area contributed by atoms with E-state index in [0.29, 0.717) is 13.2 Å². The Kier molecular flexibility index (Phi) is 12.1. The first-order valence-electron chi connectivity index (χ1n) is 18.6. The normalized spacial score (nSPS) is 19.6. The van der Waals surface area contributed by atoms with E-state index in [4.69, 9.17) is 28.4 Å². The molecule has 4 atom stereocenters. The van der Waals surface area contributed by atoms with Crippen molar-refractivity contribution in [1.29, 1.82) is 0 Å². The average Bonchev–Trinajstić information content (AvgIpc) is 3.98. The Hall–Kier alpha value is -2.12. The summed E-state index contributed by atoms with van der Waals surface area (Å²) in [5.74, 6) is 1.91. The van der Waals surface area contributed by atoms with Crippen molar-refractivity contribution in [2.24, 2.45) is 0 Å². The maximum Gasteiger partial charge on any atom is 0.197 e. The molecule has 270 valence electrons. The van der Waals surface area contributed by atoms with Gasteiger partial charge in [0.2, 0.25) is 0 Å². The number of rotatable bonds is 19. The highest BCUT2D eigenvalue weighted by Crippen LogP contribution is 2.49. The number of benzene rings is 2. The summed E-state index contributed by atoms with van der Waals surface area (Å²) in [5, 5.41) is 0. The maximum absolute atomic E-state index is 6.80. The monoisotopic (exact) mass is 666 g/mol. The van der Waals surface area contributed by atoms with Crippen LogP contribution in [0.15, 0.2) is 24.3 Å². The molecule has 6 nitrogen and oxygen atoms in total. The summed E-state index contributed by atoms with van der Waals surface area (Å²) in [6, 6.07) is 9.53. The van der Waals surface area contributed by atoms with Gasteiger partial charge in [0.05, 0.1) is 26.4 Å². The largest absolute Gasteiger partial charge is 0.465 e. The van der Waals surface area contributed by atoms with Crippen molar-refractivity contribution in [2.45, 2.75) is 169 Å². The molecule has 4 rings (SSSR count). The maximum atomic E-state index is 6.80. The molecule has 4 unspecified atom stereocenters.